The van der Waals surface area contributed by atoms with Crippen molar-refractivity contribution in [2.75, 3.05) is 13.1 Å². The lowest BCUT2D eigenvalue weighted by Crippen LogP contribution is -2.86. The van der Waals surface area contributed by atoms with Crippen LogP contribution in [0, 0.1) is 6.92 Å². The molecule has 2 bridgehead atoms. The van der Waals surface area contributed by atoms with Crippen LogP contribution < -0.4 is 5.32 Å². The standard InChI is InChI=1S/C17H21N5O/c1-12-2-5-16(22-19-8-9-20-22)15(10-12)17(23)21-13-3-4-14(21)11-18-7-6-13/h2,5,8-10,13-14,18H,3-4,6-7,11H2,1H3/p+1. The molecule has 2 N–H and O–H groups in total. The second-order valence-electron chi connectivity index (χ2n) is 6.54. The van der Waals surface area contributed by atoms with E-state index < -0.39 is 0 Å². The third-order valence-electron chi connectivity index (χ3n) is 5.01. The van der Waals surface area contributed by atoms with E-state index in [2.05, 4.69) is 20.4 Å². The predicted octanol–water partition coefficient (Wildman–Crippen LogP) is 0.516. The van der Waals surface area contributed by atoms with Crippen molar-refractivity contribution < 1.29 is 10.1 Å². The SMILES string of the molecule is Cc1ccc(-n2nccn2)c(C(=O)N2C3CC[NH2+]CC2CC3)c1. The molecule has 0 spiro atoms. The minimum atomic E-state index is 0.129. The van der Waals surface area contributed by atoms with Crippen LogP contribution in [0.3, 0.4) is 0 Å². The first-order valence-electron chi connectivity index (χ1n) is 8.35. The molecule has 0 saturated carbocycles. The molecule has 3 heterocycles. The number of hydrogen-bond donors (Lipinski definition) is 1. The first-order chi connectivity index (χ1) is 11.2. The van der Waals surface area contributed by atoms with Crippen LogP contribution in [0.5, 0.6) is 0 Å². The number of carbonyl (C=O) groups excluding carboxylic acids is 1. The Labute approximate surface area is 135 Å². The van der Waals surface area contributed by atoms with Gasteiger partial charge in [0.25, 0.3) is 5.91 Å². The number of fused-ring (bicyclic) bond motifs is 2. The summed E-state index contributed by atoms with van der Waals surface area (Å²) in [5.74, 6) is 0.129. The first kappa shape index (κ1) is 14.4. The van der Waals surface area contributed by atoms with E-state index in [1.54, 1.807) is 17.2 Å². The largest absolute Gasteiger partial charge is 0.344 e. The average Bonchev–Trinajstić information content (AvgIpc) is 3.14. The first-order valence-corrected chi connectivity index (χ1v) is 8.35. The molecular weight excluding hydrogens is 290 g/mol. The maximum Gasteiger partial charge on any atom is 0.256 e. The molecule has 2 aliphatic heterocycles. The Morgan fingerprint density at radius 3 is 2.78 bits per heavy atom. The quantitative estimate of drug-likeness (QED) is 0.879. The van der Waals surface area contributed by atoms with E-state index in [1.165, 1.54) is 0 Å². The minimum absolute atomic E-state index is 0.129. The van der Waals surface area contributed by atoms with Gasteiger partial charge in [-0.3, -0.25) is 4.79 Å². The topological polar surface area (TPSA) is 67.6 Å². The molecule has 2 saturated heterocycles. The molecule has 0 aliphatic carbocycles. The Balaban J connectivity index is 1.75. The Morgan fingerprint density at radius 2 is 1.96 bits per heavy atom. The Bertz CT molecular complexity index is 698. The van der Waals surface area contributed by atoms with E-state index >= 15 is 0 Å². The van der Waals surface area contributed by atoms with Crippen molar-refractivity contribution in [3.05, 3.63) is 41.7 Å². The van der Waals surface area contributed by atoms with Crippen LogP contribution in [-0.4, -0.2) is 51.0 Å². The second-order valence-corrected chi connectivity index (χ2v) is 6.54. The van der Waals surface area contributed by atoms with E-state index in [-0.39, 0.29) is 5.91 Å². The van der Waals surface area contributed by atoms with Gasteiger partial charge in [-0.15, -0.1) is 0 Å². The molecule has 0 radical (unpaired) electrons. The summed E-state index contributed by atoms with van der Waals surface area (Å²) in [4.78, 5) is 17.0. The fourth-order valence-electron chi connectivity index (χ4n) is 3.90. The average molecular weight is 312 g/mol. The lowest BCUT2D eigenvalue weighted by atomic mass is 10.1. The molecule has 120 valence electrons. The Kier molecular flexibility index (Phi) is 3.61. The van der Waals surface area contributed by atoms with Crippen molar-refractivity contribution in [2.24, 2.45) is 0 Å². The maximum absolute atomic E-state index is 13.3. The van der Waals surface area contributed by atoms with Gasteiger partial charge in [0.15, 0.2) is 0 Å². The third kappa shape index (κ3) is 2.53. The molecule has 2 atom stereocenters. The van der Waals surface area contributed by atoms with Gasteiger partial charge < -0.3 is 10.2 Å². The van der Waals surface area contributed by atoms with Crippen LogP contribution in [0.1, 0.15) is 35.2 Å². The van der Waals surface area contributed by atoms with Crippen LogP contribution in [0.25, 0.3) is 5.69 Å². The fourth-order valence-corrected chi connectivity index (χ4v) is 3.90. The molecule has 2 fully saturated rings. The van der Waals surface area contributed by atoms with Gasteiger partial charge in [-0.2, -0.15) is 15.0 Å². The predicted molar refractivity (Wildman–Crippen MR) is 85.4 cm³/mol. The number of amides is 1. The summed E-state index contributed by atoms with van der Waals surface area (Å²) in [6.07, 6.45) is 6.61. The summed E-state index contributed by atoms with van der Waals surface area (Å²) < 4.78 is 0. The lowest BCUT2D eigenvalue weighted by Gasteiger charge is -2.27. The molecule has 6 heteroatoms. The van der Waals surface area contributed by atoms with Crippen molar-refractivity contribution in [1.82, 2.24) is 19.9 Å². The van der Waals surface area contributed by atoms with Crippen molar-refractivity contribution in [2.45, 2.75) is 38.3 Å². The van der Waals surface area contributed by atoms with E-state index in [4.69, 9.17) is 0 Å². The molecule has 2 aromatic rings. The number of aryl methyl sites for hydroxylation is 1. The van der Waals surface area contributed by atoms with Gasteiger partial charge in [0.1, 0.15) is 0 Å². The summed E-state index contributed by atoms with van der Waals surface area (Å²) in [7, 11) is 0. The minimum Gasteiger partial charge on any atom is -0.344 e. The van der Waals surface area contributed by atoms with Crippen molar-refractivity contribution in [3.8, 4) is 5.69 Å². The smallest absolute Gasteiger partial charge is 0.256 e. The van der Waals surface area contributed by atoms with Crippen LogP contribution in [-0.2, 0) is 0 Å². The molecule has 1 aromatic carbocycles. The number of hydrogen-bond acceptors (Lipinski definition) is 3. The van der Waals surface area contributed by atoms with Crippen LogP contribution in [0.2, 0.25) is 0 Å². The summed E-state index contributed by atoms with van der Waals surface area (Å²) in [6, 6.07) is 6.64. The van der Waals surface area contributed by atoms with Crippen LogP contribution in [0.4, 0.5) is 0 Å². The van der Waals surface area contributed by atoms with Gasteiger partial charge in [0.2, 0.25) is 0 Å². The van der Waals surface area contributed by atoms with Gasteiger partial charge in [-0.05, 0) is 31.9 Å². The van der Waals surface area contributed by atoms with Gasteiger partial charge in [0.05, 0.1) is 42.8 Å². The Hall–Kier alpha value is -2.21. The number of aromatic nitrogens is 3. The van der Waals surface area contributed by atoms with Gasteiger partial charge >= 0.3 is 0 Å². The lowest BCUT2D eigenvalue weighted by molar-refractivity contribution is -0.655. The van der Waals surface area contributed by atoms with Crippen molar-refractivity contribution in [1.29, 1.82) is 0 Å². The number of benzene rings is 1. The van der Waals surface area contributed by atoms with Crippen molar-refractivity contribution in [3.63, 3.8) is 0 Å². The van der Waals surface area contributed by atoms with E-state index in [0.717, 1.165) is 43.6 Å². The van der Waals surface area contributed by atoms with Crippen LogP contribution >= 0.6 is 0 Å². The van der Waals surface area contributed by atoms with Gasteiger partial charge in [0, 0.05) is 12.5 Å². The highest BCUT2D eigenvalue weighted by atomic mass is 16.2. The van der Waals surface area contributed by atoms with E-state index in [0.29, 0.717) is 17.6 Å². The van der Waals surface area contributed by atoms with E-state index in [9.17, 15) is 4.79 Å². The molecule has 1 aromatic heterocycles. The number of carbonyl (C=O) groups is 1. The molecule has 4 rings (SSSR count). The highest BCUT2D eigenvalue weighted by molar-refractivity contribution is 5.98. The zero-order valence-corrected chi connectivity index (χ0v) is 13.4. The molecule has 23 heavy (non-hydrogen) atoms. The molecule has 6 nitrogen and oxygen atoms in total. The molecule has 2 unspecified atom stereocenters. The zero-order valence-electron chi connectivity index (χ0n) is 13.4. The highest BCUT2D eigenvalue weighted by Gasteiger charge is 2.40. The van der Waals surface area contributed by atoms with Crippen molar-refractivity contribution >= 4 is 5.91 Å². The molecule has 2 aliphatic rings. The number of nitrogens with two attached hydrogens (primary N) is 1. The van der Waals surface area contributed by atoms with Gasteiger partial charge in [-0.1, -0.05) is 11.6 Å². The number of quaternary nitrogens is 1. The second kappa shape index (κ2) is 5.77. The monoisotopic (exact) mass is 312 g/mol. The fraction of sp³-hybridized carbons (Fsp3) is 0.471. The summed E-state index contributed by atoms with van der Waals surface area (Å²) in [5.41, 5.74) is 2.55. The number of nitrogens with zero attached hydrogens (tertiary/aromatic N) is 4. The third-order valence-corrected chi connectivity index (χ3v) is 5.01. The zero-order chi connectivity index (χ0) is 15.8. The highest BCUT2D eigenvalue weighted by Crippen LogP contribution is 2.30. The van der Waals surface area contributed by atoms with Gasteiger partial charge in [-0.25, -0.2) is 0 Å². The number of rotatable bonds is 2. The Morgan fingerprint density at radius 1 is 1.17 bits per heavy atom. The van der Waals surface area contributed by atoms with Crippen LogP contribution in [0.15, 0.2) is 30.6 Å². The summed E-state index contributed by atoms with van der Waals surface area (Å²) in [6.45, 7) is 4.15. The maximum atomic E-state index is 13.3. The summed E-state index contributed by atoms with van der Waals surface area (Å²) in [5, 5.41) is 10.8. The summed E-state index contributed by atoms with van der Waals surface area (Å²) >= 11 is 0. The molecule has 1 amide bonds. The molecular formula is C17H22N5O+. The van der Waals surface area contributed by atoms with E-state index in [1.807, 2.05) is 25.1 Å². The normalized spacial score (nSPS) is 23.8.